The van der Waals surface area contributed by atoms with Gasteiger partial charge in [0, 0.05) is 25.4 Å². The van der Waals surface area contributed by atoms with Gasteiger partial charge in [0.15, 0.2) is 0 Å². The van der Waals surface area contributed by atoms with Crippen LogP contribution in [0.15, 0.2) is 12.5 Å². The zero-order valence-electron chi connectivity index (χ0n) is 7.32. The maximum absolute atomic E-state index is 10.8. The van der Waals surface area contributed by atoms with Crippen molar-refractivity contribution < 1.29 is 4.79 Å². The van der Waals surface area contributed by atoms with Crippen LogP contribution in [0.3, 0.4) is 0 Å². The van der Waals surface area contributed by atoms with E-state index in [1.165, 1.54) is 6.92 Å². The standard InChI is InChI=1S/C8H13N3O/c1-6(12)8(9)3-7-4-10-5-11(7)2/h4-5,8H,3,9H2,1-2H3/t8-/m1/s1. The second kappa shape index (κ2) is 3.49. The smallest absolute Gasteiger partial charge is 0.146 e. The molecule has 0 aliphatic rings. The number of ketones is 1. The normalized spacial score (nSPS) is 12.9. The molecule has 1 rings (SSSR count). The summed E-state index contributed by atoms with van der Waals surface area (Å²) in [5, 5.41) is 0. The third kappa shape index (κ3) is 1.92. The number of nitrogens with zero attached hydrogens (tertiary/aromatic N) is 2. The lowest BCUT2D eigenvalue weighted by molar-refractivity contribution is -0.118. The Labute approximate surface area is 71.4 Å². The van der Waals surface area contributed by atoms with E-state index < -0.39 is 6.04 Å². The lowest BCUT2D eigenvalue weighted by atomic mass is 10.1. The minimum absolute atomic E-state index is 0.0104. The highest BCUT2D eigenvalue weighted by atomic mass is 16.1. The number of nitrogens with two attached hydrogens (primary N) is 1. The van der Waals surface area contributed by atoms with Crippen molar-refractivity contribution in [2.24, 2.45) is 12.8 Å². The lowest BCUT2D eigenvalue weighted by Gasteiger charge is -2.07. The molecule has 1 aromatic heterocycles. The summed E-state index contributed by atoms with van der Waals surface area (Å²) in [6.07, 6.45) is 3.98. The summed E-state index contributed by atoms with van der Waals surface area (Å²) in [7, 11) is 1.88. The topological polar surface area (TPSA) is 60.9 Å². The fourth-order valence-corrected chi connectivity index (χ4v) is 0.950. The molecule has 0 saturated carbocycles. The number of aromatic nitrogens is 2. The molecule has 0 aliphatic heterocycles. The number of rotatable bonds is 3. The van der Waals surface area contributed by atoms with E-state index in [4.69, 9.17) is 5.73 Å². The van der Waals surface area contributed by atoms with Crippen LogP contribution < -0.4 is 5.73 Å². The van der Waals surface area contributed by atoms with Gasteiger partial charge in [0.25, 0.3) is 0 Å². The summed E-state index contributed by atoms with van der Waals surface area (Å²) in [5.74, 6) is 0.0104. The third-order valence-corrected chi connectivity index (χ3v) is 1.87. The van der Waals surface area contributed by atoms with Gasteiger partial charge in [0.05, 0.1) is 12.4 Å². The molecule has 0 spiro atoms. The third-order valence-electron chi connectivity index (χ3n) is 1.87. The maximum Gasteiger partial charge on any atom is 0.146 e. The average Bonchev–Trinajstić information content (AvgIpc) is 2.36. The first-order valence-electron chi connectivity index (χ1n) is 3.82. The minimum atomic E-state index is -0.402. The van der Waals surface area contributed by atoms with Crippen molar-refractivity contribution >= 4 is 5.78 Å². The van der Waals surface area contributed by atoms with E-state index in [1.807, 2.05) is 11.6 Å². The first-order valence-corrected chi connectivity index (χ1v) is 3.82. The number of carbonyl (C=O) groups excluding carboxylic acids is 1. The Morgan fingerprint density at radius 2 is 2.50 bits per heavy atom. The molecule has 0 radical (unpaired) electrons. The molecule has 0 aliphatic carbocycles. The van der Waals surface area contributed by atoms with Crippen molar-refractivity contribution in [3.8, 4) is 0 Å². The van der Waals surface area contributed by atoms with Crippen molar-refractivity contribution in [3.63, 3.8) is 0 Å². The van der Waals surface area contributed by atoms with Gasteiger partial charge in [-0.3, -0.25) is 4.79 Å². The van der Waals surface area contributed by atoms with Crippen LogP contribution in [0.2, 0.25) is 0 Å². The quantitative estimate of drug-likeness (QED) is 0.682. The minimum Gasteiger partial charge on any atom is -0.338 e. The molecule has 0 aromatic carbocycles. The Balaban J connectivity index is 2.64. The SMILES string of the molecule is CC(=O)[C@H](N)Cc1cncn1C. The molecule has 1 aromatic rings. The highest BCUT2D eigenvalue weighted by molar-refractivity contribution is 5.81. The van der Waals surface area contributed by atoms with E-state index in [0.717, 1.165) is 5.69 Å². The van der Waals surface area contributed by atoms with Gasteiger partial charge in [-0.15, -0.1) is 0 Å². The molecule has 2 N–H and O–H groups in total. The molecule has 12 heavy (non-hydrogen) atoms. The summed E-state index contributed by atoms with van der Waals surface area (Å²) < 4.78 is 1.86. The second-order valence-corrected chi connectivity index (χ2v) is 2.92. The van der Waals surface area contributed by atoms with Crippen molar-refractivity contribution in [2.75, 3.05) is 0 Å². The van der Waals surface area contributed by atoms with Crippen LogP contribution in [0.25, 0.3) is 0 Å². The molecule has 0 bridgehead atoms. The Hall–Kier alpha value is -1.16. The molecule has 66 valence electrons. The fourth-order valence-electron chi connectivity index (χ4n) is 0.950. The second-order valence-electron chi connectivity index (χ2n) is 2.92. The van der Waals surface area contributed by atoms with E-state index in [2.05, 4.69) is 4.98 Å². The summed E-state index contributed by atoms with van der Waals surface area (Å²) in [6, 6.07) is -0.402. The molecule has 0 unspecified atom stereocenters. The number of carbonyl (C=O) groups is 1. The number of Topliss-reactive ketones (excluding diaryl/α,β-unsaturated/α-hetero) is 1. The molecule has 0 amide bonds. The Bertz CT molecular complexity index is 280. The van der Waals surface area contributed by atoms with Crippen molar-refractivity contribution in [1.29, 1.82) is 0 Å². The summed E-state index contributed by atoms with van der Waals surface area (Å²) in [5.41, 5.74) is 6.57. The molecular weight excluding hydrogens is 154 g/mol. The van der Waals surface area contributed by atoms with Crippen LogP contribution in [0, 0.1) is 0 Å². The largest absolute Gasteiger partial charge is 0.338 e. The van der Waals surface area contributed by atoms with Gasteiger partial charge >= 0.3 is 0 Å². The van der Waals surface area contributed by atoms with Crippen LogP contribution in [-0.2, 0) is 18.3 Å². The van der Waals surface area contributed by atoms with Gasteiger partial charge in [-0.25, -0.2) is 4.98 Å². The van der Waals surface area contributed by atoms with Crippen molar-refractivity contribution in [3.05, 3.63) is 18.2 Å². The van der Waals surface area contributed by atoms with Crippen LogP contribution in [0.5, 0.6) is 0 Å². The average molecular weight is 167 g/mol. The van der Waals surface area contributed by atoms with Gasteiger partial charge in [-0.1, -0.05) is 0 Å². The molecule has 4 nitrogen and oxygen atoms in total. The molecule has 1 heterocycles. The van der Waals surface area contributed by atoms with E-state index in [0.29, 0.717) is 6.42 Å². The predicted molar refractivity (Wildman–Crippen MR) is 45.6 cm³/mol. The fraction of sp³-hybridized carbons (Fsp3) is 0.500. The van der Waals surface area contributed by atoms with E-state index in [-0.39, 0.29) is 5.78 Å². The van der Waals surface area contributed by atoms with Gasteiger partial charge in [-0.2, -0.15) is 0 Å². The maximum atomic E-state index is 10.8. The highest BCUT2D eigenvalue weighted by Gasteiger charge is 2.10. The van der Waals surface area contributed by atoms with Crippen molar-refractivity contribution in [2.45, 2.75) is 19.4 Å². The van der Waals surface area contributed by atoms with Crippen LogP contribution in [-0.4, -0.2) is 21.4 Å². The number of aryl methyl sites for hydroxylation is 1. The molecule has 4 heteroatoms. The zero-order valence-corrected chi connectivity index (χ0v) is 7.32. The lowest BCUT2D eigenvalue weighted by Crippen LogP contribution is -2.31. The van der Waals surface area contributed by atoms with Gasteiger partial charge < -0.3 is 10.3 Å². The van der Waals surface area contributed by atoms with Gasteiger partial charge in [-0.05, 0) is 6.92 Å². The Morgan fingerprint density at radius 1 is 1.83 bits per heavy atom. The molecule has 1 atom stereocenters. The van der Waals surface area contributed by atoms with E-state index in [1.54, 1.807) is 12.5 Å². The summed E-state index contributed by atoms with van der Waals surface area (Å²) in [6.45, 7) is 1.50. The monoisotopic (exact) mass is 167 g/mol. The van der Waals surface area contributed by atoms with Crippen LogP contribution in [0.1, 0.15) is 12.6 Å². The van der Waals surface area contributed by atoms with Crippen LogP contribution >= 0.6 is 0 Å². The Kier molecular flexibility index (Phi) is 2.60. The van der Waals surface area contributed by atoms with Crippen LogP contribution in [0.4, 0.5) is 0 Å². The predicted octanol–water partition coefficient (Wildman–Crippen LogP) is -0.121. The Morgan fingerprint density at radius 3 is 2.92 bits per heavy atom. The van der Waals surface area contributed by atoms with Gasteiger partial charge in [0.1, 0.15) is 5.78 Å². The molecule has 0 saturated heterocycles. The molecular formula is C8H13N3O. The van der Waals surface area contributed by atoms with Crippen molar-refractivity contribution in [1.82, 2.24) is 9.55 Å². The van der Waals surface area contributed by atoms with E-state index >= 15 is 0 Å². The number of hydrogen-bond donors (Lipinski definition) is 1. The highest BCUT2D eigenvalue weighted by Crippen LogP contribution is 2.00. The number of imidazole rings is 1. The zero-order chi connectivity index (χ0) is 9.14. The first kappa shape index (κ1) is 8.93. The summed E-state index contributed by atoms with van der Waals surface area (Å²) >= 11 is 0. The number of hydrogen-bond acceptors (Lipinski definition) is 3. The van der Waals surface area contributed by atoms with Gasteiger partial charge in [0.2, 0.25) is 0 Å². The first-order chi connectivity index (χ1) is 5.61. The van der Waals surface area contributed by atoms with E-state index in [9.17, 15) is 4.79 Å². The summed E-state index contributed by atoms with van der Waals surface area (Å²) in [4.78, 5) is 14.8. The molecule has 0 fully saturated rings.